The molecule has 2 amide bonds. The van der Waals surface area contributed by atoms with Crippen LogP contribution in [0.15, 0.2) is 36.4 Å². The monoisotopic (exact) mass is 410 g/mol. The fourth-order valence-electron chi connectivity index (χ4n) is 2.12. The normalized spacial score (nSPS) is 10.2. The minimum absolute atomic E-state index is 0.202. The zero-order chi connectivity index (χ0) is 21.4. The number of halogens is 3. The third kappa shape index (κ3) is 6.23. The molecule has 0 aromatic heterocycles. The van der Waals surface area contributed by atoms with Gasteiger partial charge in [-0.25, -0.2) is 18.0 Å². The molecular formula is C19H17F3N2O5. The molecule has 2 rings (SSSR count). The second kappa shape index (κ2) is 10.1. The Hall–Kier alpha value is -3.56. The summed E-state index contributed by atoms with van der Waals surface area (Å²) in [5.74, 6) is -6.54. The van der Waals surface area contributed by atoms with Crippen molar-refractivity contribution in [2.45, 2.75) is 6.92 Å². The molecule has 2 aromatic carbocycles. The lowest BCUT2D eigenvalue weighted by molar-refractivity contribution is -0.126. The maximum Gasteiger partial charge on any atom is 0.338 e. The molecule has 0 saturated carbocycles. The minimum Gasteiger partial charge on any atom is -0.494 e. The quantitative estimate of drug-likeness (QED) is 0.515. The number of ether oxygens (including phenoxy) is 2. The Morgan fingerprint density at radius 2 is 1.62 bits per heavy atom. The van der Waals surface area contributed by atoms with Crippen LogP contribution in [0.25, 0.3) is 0 Å². The SMILES string of the molecule is CCOc1ccc(C(=O)OCC(=O)NCC(=O)Nc2ccc(F)c(F)c2F)cc1. The summed E-state index contributed by atoms with van der Waals surface area (Å²) in [6.45, 7) is 1.03. The Bertz CT molecular complexity index is 903. The highest BCUT2D eigenvalue weighted by atomic mass is 19.2. The second-order valence-corrected chi connectivity index (χ2v) is 5.58. The van der Waals surface area contributed by atoms with Crippen molar-refractivity contribution in [2.24, 2.45) is 0 Å². The van der Waals surface area contributed by atoms with Crippen molar-refractivity contribution in [3.8, 4) is 5.75 Å². The van der Waals surface area contributed by atoms with E-state index in [1.54, 1.807) is 12.1 Å². The van der Waals surface area contributed by atoms with Gasteiger partial charge in [0, 0.05) is 0 Å². The molecule has 0 radical (unpaired) electrons. The van der Waals surface area contributed by atoms with Crippen molar-refractivity contribution in [3.05, 3.63) is 59.4 Å². The molecule has 0 unspecified atom stereocenters. The van der Waals surface area contributed by atoms with Gasteiger partial charge in [0.15, 0.2) is 24.1 Å². The van der Waals surface area contributed by atoms with Gasteiger partial charge < -0.3 is 20.1 Å². The molecule has 0 spiro atoms. The number of carbonyl (C=O) groups excluding carboxylic acids is 3. The molecule has 7 nitrogen and oxygen atoms in total. The molecule has 0 bridgehead atoms. The number of esters is 1. The summed E-state index contributed by atoms with van der Waals surface area (Å²) in [7, 11) is 0. The van der Waals surface area contributed by atoms with E-state index >= 15 is 0 Å². The first kappa shape index (κ1) is 21.7. The van der Waals surface area contributed by atoms with E-state index in [4.69, 9.17) is 9.47 Å². The second-order valence-electron chi connectivity index (χ2n) is 5.58. The average molecular weight is 410 g/mol. The lowest BCUT2D eigenvalue weighted by atomic mass is 10.2. The molecule has 0 atom stereocenters. The summed E-state index contributed by atoms with van der Waals surface area (Å²) in [6, 6.07) is 7.56. The van der Waals surface area contributed by atoms with Crippen molar-refractivity contribution in [1.29, 1.82) is 0 Å². The van der Waals surface area contributed by atoms with Crippen molar-refractivity contribution in [2.75, 3.05) is 25.1 Å². The Labute approximate surface area is 163 Å². The molecule has 0 aliphatic rings. The summed E-state index contributed by atoms with van der Waals surface area (Å²) in [4.78, 5) is 35.2. The largest absolute Gasteiger partial charge is 0.494 e. The predicted octanol–water partition coefficient (Wildman–Crippen LogP) is 2.41. The molecule has 10 heteroatoms. The summed E-state index contributed by atoms with van der Waals surface area (Å²) >= 11 is 0. The van der Waals surface area contributed by atoms with Crippen molar-refractivity contribution in [1.82, 2.24) is 5.32 Å². The van der Waals surface area contributed by atoms with Gasteiger partial charge in [-0.3, -0.25) is 9.59 Å². The molecule has 0 fully saturated rings. The number of carbonyl (C=O) groups is 3. The Balaban J connectivity index is 1.77. The number of rotatable bonds is 8. The number of hydrogen-bond acceptors (Lipinski definition) is 5. The molecule has 29 heavy (non-hydrogen) atoms. The van der Waals surface area contributed by atoms with Crippen LogP contribution in [-0.4, -0.2) is 37.5 Å². The molecule has 0 aliphatic carbocycles. The van der Waals surface area contributed by atoms with Gasteiger partial charge in [0.25, 0.3) is 5.91 Å². The molecule has 0 saturated heterocycles. The van der Waals surface area contributed by atoms with Gasteiger partial charge in [0.1, 0.15) is 5.75 Å². The first-order valence-corrected chi connectivity index (χ1v) is 8.41. The topological polar surface area (TPSA) is 93.7 Å². The Morgan fingerprint density at radius 3 is 2.28 bits per heavy atom. The van der Waals surface area contributed by atoms with Gasteiger partial charge in [-0.1, -0.05) is 0 Å². The van der Waals surface area contributed by atoms with Crippen LogP contribution < -0.4 is 15.4 Å². The van der Waals surface area contributed by atoms with Crippen molar-refractivity contribution < 1.29 is 37.0 Å². The highest BCUT2D eigenvalue weighted by Gasteiger charge is 2.16. The van der Waals surface area contributed by atoms with E-state index in [-0.39, 0.29) is 5.56 Å². The van der Waals surface area contributed by atoms with Gasteiger partial charge in [-0.15, -0.1) is 0 Å². The highest BCUT2D eigenvalue weighted by molar-refractivity contribution is 5.95. The van der Waals surface area contributed by atoms with Gasteiger partial charge in [0.05, 0.1) is 24.4 Å². The van der Waals surface area contributed by atoms with Gasteiger partial charge in [0.2, 0.25) is 5.91 Å². The summed E-state index contributed by atoms with van der Waals surface area (Å²) in [5.41, 5.74) is -0.377. The summed E-state index contributed by atoms with van der Waals surface area (Å²) in [5, 5.41) is 4.13. The zero-order valence-corrected chi connectivity index (χ0v) is 15.3. The maximum atomic E-state index is 13.5. The fourth-order valence-corrected chi connectivity index (χ4v) is 2.12. The van der Waals surface area contributed by atoms with Crippen LogP contribution in [0.1, 0.15) is 17.3 Å². The number of benzene rings is 2. The van der Waals surface area contributed by atoms with Crippen LogP contribution in [0.4, 0.5) is 18.9 Å². The van der Waals surface area contributed by atoms with E-state index < -0.39 is 54.1 Å². The van der Waals surface area contributed by atoms with Crippen LogP contribution in [0, 0.1) is 17.5 Å². The van der Waals surface area contributed by atoms with E-state index in [2.05, 4.69) is 5.32 Å². The van der Waals surface area contributed by atoms with Gasteiger partial charge >= 0.3 is 5.97 Å². The van der Waals surface area contributed by atoms with Crippen molar-refractivity contribution >= 4 is 23.5 Å². The number of amides is 2. The van der Waals surface area contributed by atoms with Crippen LogP contribution in [-0.2, 0) is 14.3 Å². The van der Waals surface area contributed by atoms with Crippen LogP contribution in [0.2, 0.25) is 0 Å². The molecule has 0 aliphatic heterocycles. The van der Waals surface area contributed by atoms with Gasteiger partial charge in [-0.2, -0.15) is 0 Å². The van der Waals surface area contributed by atoms with Gasteiger partial charge in [-0.05, 0) is 43.3 Å². The smallest absolute Gasteiger partial charge is 0.338 e. The summed E-state index contributed by atoms with van der Waals surface area (Å²) in [6.07, 6.45) is 0. The van der Waals surface area contributed by atoms with Crippen LogP contribution in [0.5, 0.6) is 5.75 Å². The van der Waals surface area contributed by atoms with E-state index in [1.807, 2.05) is 12.2 Å². The number of hydrogen-bond donors (Lipinski definition) is 2. The molecule has 2 N–H and O–H groups in total. The van der Waals surface area contributed by atoms with E-state index in [0.717, 1.165) is 6.07 Å². The molecular weight excluding hydrogens is 393 g/mol. The third-order valence-corrected chi connectivity index (χ3v) is 3.49. The standard InChI is InChI=1S/C19H17F3N2O5/c1-2-28-12-5-3-11(4-6-12)19(27)29-10-16(26)23-9-15(25)24-14-8-7-13(20)17(21)18(14)22/h3-8H,2,9-10H2,1H3,(H,23,26)(H,24,25). The Kier molecular flexibility index (Phi) is 7.58. The third-order valence-electron chi connectivity index (χ3n) is 3.49. The van der Waals surface area contributed by atoms with E-state index in [1.165, 1.54) is 12.1 Å². The van der Waals surface area contributed by atoms with Crippen LogP contribution in [0.3, 0.4) is 0 Å². The highest BCUT2D eigenvalue weighted by Crippen LogP contribution is 2.19. The first-order valence-electron chi connectivity index (χ1n) is 8.41. The van der Waals surface area contributed by atoms with E-state index in [0.29, 0.717) is 18.4 Å². The fraction of sp³-hybridized carbons (Fsp3) is 0.211. The molecule has 0 heterocycles. The lowest BCUT2D eigenvalue weighted by Gasteiger charge is -2.09. The Morgan fingerprint density at radius 1 is 0.931 bits per heavy atom. The number of nitrogens with one attached hydrogen (secondary N) is 2. The van der Waals surface area contributed by atoms with Crippen molar-refractivity contribution in [3.63, 3.8) is 0 Å². The summed E-state index contributed by atoms with van der Waals surface area (Å²) < 4.78 is 49.5. The number of anilines is 1. The maximum absolute atomic E-state index is 13.5. The molecule has 2 aromatic rings. The average Bonchev–Trinajstić information content (AvgIpc) is 2.71. The predicted molar refractivity (Wildman–Crippen MR) is 95.8 cm³/mol. The first-order chi connectivity index (χ1) is 13.8. The van der Waals surface area contributed by atoms with E-state index in [9.17, 15) is 27.6 Å². The van der Waals surface area contributed by atoms with Crippen LogP contribution >= 0.6 is 0 Å². The molecule has 154 valence electrons. The minimum atomic E-state index is -1.73. The zero-order valence-electron chi connectivity index (χ0n) is 15.3. The lowest BCUT2D eigenvalue weighted by Crippen LogP contribution is -2.35.